The van der Waals surface area contributed by atoms with Crippen molar-refractivity contribution in [2.45, 2.75) is 69.2 Å². The number of carboxylic acid groups (broad SMARTS) is 1. The van der Waals surface area contributed by atoms with Gasteiger partial charge in [-0.25, -0.2) is 4.79 Å². The summed E-state index contributed by atoms with van der Waals surface area (Å²) in [6.45, 7) is 3.59. The number of anilines is 1. The molecule has 1 aliphatic heterocycles. The Hall–Kier alpha value is -1.96. The number of piperidine rings is 1. The molecule has 1 heterocycles. The zero-order valence-electron chi connectivity index (χ0n) is 16.1. The lowest BCUT2D eigenvalue weighted by Crippen LogP contribution is -2.63. The van der Waals surface area contributed by atoms with Crippen LogP contribution in [-0.2, 0) is 6.18 Å². The predicted octanol–water partition coefficient (Wildman–Crippen LogP) is 4.23. The molecule has 3 N–H and O–H groups in total. The lowest BCUT2D eigenvalue weighted by Gasteiger charge is -2.46. The number of alkyl halides is 3. The van der Waals surface area contributed by atoms with E-state index < -0.39 is 17.8 Å². The van der Waals surface area contributed by atoms with E-state index in [0.717, 1.165) is 62.9 Å². The fourth-order valence-electron chi connectivity index (χ4n) is 4.52. The van der Waals surface area contributed by atoms with Crippen LogP contribution in [0, 0.1) is 0 Å². The molecule has 3 rings (SSSR count). The highest BCUT2D eigenvalue weighted by molar-refractivity contribution is 5.65. The van der Waals surface area contributed by atoms with Crippen molar-refractivity contribution in [3.8, 4) is 0 Å². The predicted molar refractivity (Wildman–Crippen MR) is 102 cm³/mol. The molecule has 28 heavy (non-hydrogen) atoms. The minimum absolute atomic E-state index is 0.0717. The molecule has 0 spiro atoms. The zero-order chi connectivity index (χ0) is 20.4. The number of rotatable bonds is 4. The number of hydrogen-bond acceptors (Lipinski definition) is 3. The standard InChI is InChI=1S/C20H28F3N3O2/c1-19(25-17-6-3-2-5-16(17)24-18(27)28)11-4-12-26(13-19)15-9-7-14(8-10-15)20(21,22)23/h7-10,16-17,24-25H,2-6,11-13H2,1H3,(H,27,28)/t16-,17-,19?/m1/s1. The van der Waals surface area contributed by atoms with E-state index in [1.807, 2.05) is 0 Å². The molecule has 156 valence electrons. The van der Waals surface area contributed by atoms with Gasteiger partial charge in [-0.3, -0.25) is 0 Å². The van der Waals surface area contributed by atoms with Crippen molar-refractivity contribution in [1.82, 2.24) is 10.6 Å². The molecule has 1 amide bonds. The van der Waals surface area contributed by atoms with E-state index in [0.29, 0.717) is 6.54 Å². The van der Waals surface area contributed by atoms with Crippen molar-refractivity contribution in [1.29, 1.82) is 0 Å². The molecule has 1 aliphatic carbocycles. The van der Waals surface area contributed by atoms with E-state index in [2.05, 4.69) is 22.5 Å². The number of amides is 1. The van der Waals surface area contributed by atoms with E-state index in [9.17, 15) is 18.0 Å². The summed E-state index contributed by atoms with van der Waals surface area (Å²) >= 11 is 0. The van der Waals surface area contributed by atoms with Gasteiger partial charge in [0.05, 0.1) is 5.56 Å². The summed E-state index contributed by atoms with van der Waals surface area (Å²) in [6.07, 6.45) is 0.354. The van der Waals surface area contributed by atoms with Crippen LogP contribution in [0.15, 0.2) is 24.3 Å². The van der Waals surface area contributed by atoms with Gasteiger partial charge in [-0.2, -0.15) is 13.2 Å². The average Bonchev–Trinajstić information content (AvgIpc) is 2.62. The molecule has 0 bridgehead atoms. The number of nitrogens with one attached hydrogen (secondary N) is 2. The number of halogens is 3. The molecular weight excluding hydrogens is 371 g/mol. The van der Waals surface area contributed by atoms with Crippen LogP contribution in [-0.4, -0.2) is 41.9 Å². The van der Waals surface area contributed by atoms with Crippen LogP contribution >= 0.6 is 0 Å². The third-order valence-corrected chi connectivity index (χ3v) is 5.86. The minimum Gasteiger partial charge on any atom is -0.465 e. The molecule has 1 unspecified atom stereocenters. The van der Waals surface area contributed by atoms with Gasteiger partial charge in [0.15, 0.2) is 0 Å². The molecule has 2 fully saturated rings. The maximum Gasteiger partial charge on any atom is 0.416 e. The third-order valence-electron chi connectivity index (χ3n) is 5.86. The second-order valence-corrected chi connectivity index (χ2v) is 8.22. The molecule has 1 saturated carbocycles. The van der Waals surface area contributed by atoms with Gasteiger partial charge < -0.3 is 20.6 Å². The Bertz CT molecular complexity index is 680. The van der Waals surface area contributed by atoms with Crippen LogP contribution in [0.1, 0.15) is 51.0 Å². The number of hydrogen-bond donors (Lipinski definition) is 3. The van der Waals surface area contributed by atoms with Crippen LogP contribution < -0.4 is 15.5 Å². The lowest BCUT2D eigenvalue weighted by molar-refractivity contribution is -0.137. The molecule has 8 heteroatoms. The monoisotopic (exact) mass is 399 g/mol. The highest BCUT2D eigenvalue weighted by Crippen LogP contribution is 2.32. The van der Waals surface area contributed by atoms with Gasteiger partial charge in [-0.05, 0) is 56.9 Å². The largest absolute Gasteiger partial charge is 0.465 e. The van der Waals surface area contributed by atoms with Gasteiger partial charge >= 0.3 is 12.3 Å². The van der Waals surface area contributed by atoms with Crippen LogP contribution in [0.25, 0.3) is 0 Å². The molecular formula is C20H28F3N3O2. The van der Waals surface area contributed by atoms with Crippen molar-refractivity contribution in [2.75, 3.05) is 18.0 Å². The van der Waals surface area contributed by atoms with Gasteiger partial charge in [0, 0.05) is 36.4 Å². The van der Waals surface area contributed by atoms with Crippen LogP contribution in [0.2, 0.25) is 0 Å². The van der Waals surface area contributed by atoms with Gasteiger partial charge in [-0.1, -0.05) is 12.8 Å². The fraction of sp³-hybridized carbons (Fsp3) is 0.650. The maximum absolute atomic E-state index is 12.8. The molecule has 3 atom stereocenters. The number of carbonyl (C=O) groups is 1. The summed E-state index contributed by atoms with van der Waals surface area (Å²) in [6, 6.07) is 5.28. The van der Waals surface area contributed by atoms with E-state index in [1.54, 1.807) is 0 Å². The quantitative estimate of drug-likeness (QED) is 0.709. The van der Waals surface area contributed by atoms with Gasteiger partial charge in [0.1, 0.15) is 0 Å². The molecule has 0 aromatic heterocycles. The zero-order valence-corrected chi connectivity index (χ0v) is 16.1. The Morgan fingerprint density at radius 3 is 2.39 bits per heavy atom. The summed E-state index contributed by atoms with van der Waals surface area (Å²) in [5.74, 6) is 0. The molecule has 0 radical (unpaired) electrons. The minimum atomic E-state index is -4.33. The summed E-state index contributed by atoms with van der Waals surface area (Å²) < 4.78 is 38.4. The van der Waals surface area contributed by atoms with Crippen LogP contribution in [0.5, 0.6) is 0 Å². The summed E-state index contributed by atoms with van der Waals surface area (Å²) in [5, 5.41) is 15.4. The Balaban J connectivity index is 1.68. The fourth-order valence-corrected chi connectivity index (χ4v) is 4.52. The van der Waals surface area contributed by atoms with Gasteiger partial charge in [0.25, 0.3) is 0 Å². The van der Waals surface area contributed by atoms with Gasteiger partial charge in [-0.15, -0.1) is 0 Å². The van der Waals surface area contributed by atoms with E-state index in [1.165, 1.54) is 12.1 Å². The van der Waals surface area contributed by atoms with Crippen molar-refractivity contribution in [3.63, 3.8) is 0 Å². The second kappa shape index (κ2) is 8.19. The number of benzene rings is 1. The first-order valence-corrected chi connectivity index (χ1v) is 9.86. The Kier molecular flexibility index (Phi) is 6.07. The Morgan fingerprint density at radius 2 is 1.79 bits per heavy atom. The van der Waals surface area contributed by atoms with E-state index >= 15 is 0 Å². The second-order valence-electron chi connectivity index (χ2n) is 8.22. The van der Waals surface area contributed by atoms with Gasteiger partial charge in [0.2, 0.25) is 0 Å². The smallest absolute Gasteiger partial charge is 0.416 e. The highest BCUT2D eigenvalue weighted by atomic mass is 19.4. The molecule has 1 saturated heterocycles. The SMILES string of the molecule is CC1(N[C@@H]2CCCC[C@H]2NC(=O)O)CCCN(c2ccc(C(F)(F)F)cc2)C1. The van der Waals surface area contributed by atoms with Crippen molar-refractivity contribution in [2.24, 2.45) is 0 Å². The number of nitrogens with zero attached hydrogens (tertiary/aromatic N) is 1. The summed E-state index contributed by atoms with van der Waals surface area (Å²) in [5.41, 5.74) is -0.0787. The van der Waals surface area contributed by atoms with Crippen molar-refractivity contribution in [3.05, 3.63) is 29.8 Å². The van der Waals surface area contributed by atoms with E-state index in [4.69, 9.17) is 5.11 Å². The average molecular weight is 399 g/mol. The first-order valence-electron chi connectivity index (χ1n) is 9.86. The third kappa shape index (κ3) is 5.10. The molecule has 5 nitrogen and oxygen atoms in total. The Labute approximate surface area is 163 Å². The van der Waals surface area contributed by atoms with Crippen LogP contribution in [0.3, 0.4) is 0 Å². The maximum atomic E-state index is 12.8. The summed E-state index contributed by atoms with van der Waals surface area (Å²) in [4.78, 5) is 13.2. The molecule has 2 aliphatic rings. The normalized spacial score (nSPS) is 28.8. The summed E-state index contributed by atoms with van der Waals surface area (Å²) in [7, 11) is 0. The van der Waals surface area contributed by atoms with Crippen molar-refractivity contribution >= 4 is 11.8 Å². The first kappa shape index (κ1) is 20.8. The first-order chi connectivity index (χ1) is 13.2. The molecule has 1 aromatic carbocycles. The Morgan fingerprint density at radius 1 is 1.14 bits per heavy atom. The lowest BCUT2D eigenvalue weighted by atomic mass is 9.84. The van der Waals surface area contributed by atoms with Crippen LogP contribution in [0.4, 0.5) is 23.7 Å². The van der Waals surface area contributed by atoms with E-state index in [-0.39, 0.29) is 17.6 Å². The topological polar surface area (TPSA) is 64.6 Å². The molecule has 1 aromatic rings. The van der Waals surface area contributed by atoms with Crippen molar-refractivity contribution < 1.29 is 23.1 Å². The highest BCUT2D eigenvalue weighted by Gasteiger charge is 2.37.